The van der Waals surface area contributed by atoms with Gasteiger partial charge >= 0.3 is 0 Å². The Balaban J connectivity index is 2.45. The zero-order valence-corrected chi connectivity index (χ0v) is 13.5. The van der Waals surface area contributed by atoms with Gasteiger partial charge in [0.05, 0.1) is 5.69 Å². The largest absolute Gasteiger partial charge is 0.437 e. The van der Waals surface area contributed by atoms with Crippen LogP contribution in [0.3, 0.4) is 0 Å². The Kier molecular flexibility index (Phi) is 4.90. The third-order valence-electron chi connectivity index (χ3n) is 2.94. The van der Waals surface area contributed by atoms with Gasteiger partial charge in [0.1, 0.15) is 17.4 Å². The van der Waals surface area contributed by atoms with Crippen molar-refractivity contribution >= 4 is 22.6 Å². The van der Waals surface area contributed by atoms with E-state index in [1.54, 1.807) is 0 Å². The number of nitriles is 1. The molecule has 0 saturated carbocycles. The van der Waals surface area contributed by atoms with Crippen LogP contribution < -0.4 is 4.74 Å². The molecule has 0 unspecified atom stereocenters. The predicted octanol–water partition coefficient (Wildman–Crippen LogP) is 3.87. The van der Waals surface area contributed by atoms with E-state index in [0.717, 1.165) is 27.7 Å². The second kappa shape index (κ2) is 6.66. The Morgan fingerprint density at radius 2 is 2.05 bits per heavy atom. The average molecular weight is 379 g/mol. The number of aromatic nitrogens is 2. The summed E-state index contributed by atoms with van der Waals surface area (Å²) >= 11 is 2.21. The van der Waals surface area contributed by atoms with Gasteiger partial charge in [-0.25, -0.2) is 0 Å². The van der Waals surface area contributed by atoms with Crippen molar-refractivity contribution in [2.24, 2.45) is 0 Å². The number of hydrogen-bond donors (Lipinski definition) is 0. The van der Waals surface area contributed by atoms with Gasteiger partial charge in [-0.1, -0.05) is 19.9 Å². The number of halogens is 1. The summed E-state index contributed by atoms with van der Waals surface area (Å²) in [5.74, 6) is 0.942. The van der Waals surface area contributed by atoms with E-state index in [1.807, 2.05) is 38.1 Å². The first-order chi connectivity index (χ1) is 9.69. The van der Waals surface area contributed by atoms with Crippen molar-refractivity contribution in [3.8, 4) is 17.7 Å². The summed E-state index contributed by atoms with van der Waals surface area (Å²) in [7, 11) is 0. The minimum absolute atomic E-state index is 0.281. The summed E-state index contributed by atoms with van der Waals surface area (Å²) in [5, 5.41) is 17.6. The van der Waals surface area contributed by atoms with Crippen LogP contribution in [-0.4, -0.2) is 10.2 Å². The molecule has 5 heteroatoms. The molecular formula is C15H14IN3O. The lowest BCUT2D eigenvalue weighted by molar-refractivity contribution is 0.450. The highest BCUT2D eigenvalue weighted by molar-refractivity contribution is 14.1. The molecule has 0 aliphatic carbocycles. The Labute approximate surface area is 131 Å². The molecule has 0 saturated heterocycles. The number of nitrogens with zero attached hydrogens (tertiary/aromatic N) is 3. The maximum Gasteiger partial charge on any atom is 0.257 e. The van der Waals surface area contributed by atoms with E-state index in [-0.39, 0.29) is 5.88 Å². The highest BCUT2D eigenvalue weighted by Gasteiger charge is 2.16. The highest BCUT2D eigenvalue weighted by Crippen LogP contribution is 2.27. The van der Waals surface area contributed by atoms with Gasteiger partial charge < -0.3 is 4.74 Å². The summed E-state index contributed by atoms with van der Waals surface area (Å²) in [4.78, 5) is 0. The molecule has 0 amide bonds. The molecule has 0 bridgehead atoms. The summed E-state index contributed by atoms with van der Waals surface area (Å²) in [6.45, 7) is 4.01. The van der Waals surface area contributed by atoms with Crippen molar-refractivity contribution in [2.75, 3.05) is 0 Å². The van der Waals surface area contributed by atoms with Crippen molar-refractivity contribution in [2.45, 2.75) is 26.7 Å². The fraction of sp³-hybridized carbons (Fsp3) is 0.267. The number of aryl methyl sites for hydroxylation is 1. The molecule has 0 atom stereocenters. The van der Waals surface area contributed by atoms with Gasteiger partial charge in [-0.05, 0) is 59.2 Å². The minimum Gasteiger partial charge on any atom is -0.437 e. The molecule has 0 spiro atoms. The van der Waals surface area contributed by atoms with Crippen molar-refractivity contribution < 1.29 is 4.74 Å². The topological polar surface area (TPSA) is 58.8 Å². The van der Waals surface area contributed by atoms with Crippen LogP contribution in [0.2, 0.25) is 0 Å². The highest BCUT2D eigenvalue weighted by atomic mass is 127. The quantitative estimate of drug-likeness (QED) is 0.757. The van der Waals surface area contributed by atoms with E-state index >= 15 is 0 Å². The van der Waals surface area contributed by atoms with Crippen molar-refractivity contribution in [1.29, 1.82) is 5.26 Å². The van der Waals surface area contributed by atoms with Crippen LogP contribution in [0, 0.1) is 14.9 Å². The lowest BCUT2D eigenvalue weighted by Gasteiger charge is -2.11. The van der Waals surface area contributed by atoms with Gasteiger partial charge in [-0.3, -0.25) is 0 Å². The molecule has 0 N–H and O–H groups in total. The van der Waals surface area contributed by atoms with E-state index in [2.05, 4.69) is 38.9 Å². The van der Waals surface area contributed by atoms with Gasteiger partial charge in [-0.15, -0.1) is 5.10 Å². The van der Waals surface area contributed by atoms with E-state index in [1.165, 1.54) is 0 Å². The summed E-state index contributed by atoms with van der Waals surface area (Å²) in [6, 6.07) is 9.80. The molecule has 1 aromatic heterocycles. The minimum atomic E-state index is 0.281. The zero-order chi connectivity index (χ0) is 14.5. The van der Waals surface area contributed by atoms with Gasteiger partial charge in [0.15, 0.2) is 0 Å². The van der Waals surface area contributed by atoms with Crippen LogP contribution in [0.5, 0.6) is 11.6 Å². The molecule has 0 aliphatic heterocycles. The maximum absolute atomic E-state index is 9.38. The van der Waals surface area contributed by atoms with Crippen LogP contribution in [0.4, 0.5) is 0 Å². The van der Waals surface area contributed by atoms with Gasteiger partial charge in [0.2, 0.25) is 0 Å². The molecule has 4 nitrogen and oxygen atoms in total. The first-order valence-electron chi connectivity index (χ1n) is 6.41. The molecule has 0 fully saturated rings. The summed E-state index contributed by atoms with van der Waals surface area (Å²) in [5.41, 5.74) is 2.27. The second-order valence-corrected chi connectivity index (χ2v) is 5.43. The van der Waals surface area contributed by atoms with Crippen molar-refractivity contribution in [3.63, 3.8) is 0 Å². The maximum atomic E-state index is 9.38. The number of ether oxygens (including phenoxy) is 1. The smallest absolute Gasteiger partial charge is 0.257 e. The fourth-order valence-corrected chi connectivity index (χ4v) is 2.50. The standard InChI is InChI=1S/C15H14IN3O/c1-3-12-13(9-17)15(19-18-14(12)4-2)20-11-7-5-6-10(16)8-11/h5-8H,3-4H2,1-2H3. The monoisotopic (exact) mass is 379 g/mol. The third-order valence-corrected chi connectivity index (χ3v) is 3.61. The fourth-order valence-electron chi connectivity index (χ4n) is 1.98. The average Bonchev–Trinajstić information content (AvgIpc) is 2.46. The van der Waals surface area contributed by atoms with Gasteiger partial charge in [-0.2, -0.15) is 10.4 Å². The molecule has 1 aromatic carbocycles. The number of hydrogen-bond acceptors (Lipinski definition) is 4. The molecule has 0 radical (unpaired) electrons. The van der Waals surface area contributed by atoms with Crippen molar-refractivity contribution in [1.82, 2.24) is 10.2 Å². The van der Waals surface area contributed by atoms with E-state index in [0.29, 0.717) is 11.3 Å². The number of benzene rings is 1. The van der Waals surface area contributed by atoms with Gasteiger partial charge in [0, 0.05) is 3.57 Å². The van der Waals surface area contributed by atoms with E-state index < -0.39 is 0 Å². The lowest BCUT2D eigenvalue weighted by atomic mass is 10.0. The molecule has 0 aliphatic rings. The normalized spacial score (nSPS) is 10.1. The molecule has 102 valence electrons. The molecule has 2 aromatic rings. The SMILES string of the molecule is CCc1nnc(Oc2cccc(I)c2)c(C#N)c1CC. The van der Waals surface area contributed by atoms with Crippen LogP contribution in [0.25, 0.3) is 0 Å². The lowest BCUT2D eigenvalue weighted by Crippen LogP contribution is -2.05. The van der Waals surface area contributed by atoms with E-state index in [9.17, 15) is 5.26 Å². The molecule has 1 heterocycles. The zero-order valence-electron chi connectivity index (χ0n) is 11.4. The van der Waals surface area contributed by atoms with Crippen LogP contribution >= 0.6 is 22.6 Å². The van der Waals surface area contributed by atoms with Crippen LogP contribution in [0.1, 0.15) is 30.7 Å². The number of rotatable bonds is 4. The predicted molar refractivity (Wildman–Crippen MR) is 84.7 cm³/mol. The molecular weight excluding hydrogens is 365 g/mol. The molecule has 2 rings (SSSR count). The Hall–Kier alpha value is -1.68. The Morgan fingerprint density at radius 1 is 1.25 bits per heavy atom. The van der Waals surface area contributed by atoms with Crippen LogP contribution in [0.15, 0.2) is 24.3 Å². The Bertz CT molecular complexity index is 665. The van der Waals surface area contributed by atoms with Crippen LogP contribution in [-0.2, 0) is 12.8 Å². The Morgan fingerprint density at radius 3 is 2.65 bits per heavy atom. The van der Waals surface area contributed by atoms with Crippen molar-refractivity contribution in [3.05, 3.63) is 44.7 Å². The third kappa shape index (κ3) is 3.07. The first-order valence-corrected chi connectivity index (χ1v) is 7.49. The summed E-state index contributed by atoms with van der Waals surface area (Å²) in [6.07, 6.45) is 1.50. The first kappa shape index (κ1) is 14.7. The second-order valence-electron chi connectivity index (χ2n) is 4.18. The molecule has 20 heavy (non-hydrogen) atoms. The van der Waals surface area contributed by atoms with E-state index in [4.69, 9.17) is 4.74 Å². The van der Waals surface area contributed by atoms with Gasteiger partial charge in [0.25, 0.3) is 5.88 Å². The summed E-state index contributed by atoms with van der Waals surface area (Å²) < 4.78 is 6.78.